The predicted molar refractivity (Wildman–Crippen MR) is 64.2 cm³/mol. The molecule has 0 amide bonds. The van der Waals surface area contributed by atoms with Crippen molar-refractivity contribution in [3.05, 3.63) is 35.1 Å². The quantitative estimate of drug-likeness (QED) is 0.801. The summed E-state index contributed by atoms with van der Waals surface area (Å²) in [5, 5.41) is 3.09. The summed E-state index contributed by atoms with van der Waals surface area (Å²) in [7, 11) is 1.35. The Balaban J connectivity index is 2.95. The van der Waals surface area contributed by atoms with Gasteiger partial charge in [0, 0.05) is 0 Å². The van der Waals surface area contributed by atoms with Gasteiger partial charge in [-0.05, 0) is 37.1 Å². The van der Waals surface area contributed by atoms with Gasteiger partial charge < -0.3 is 10.1 Å². The van der Waals surface area contributed by atoms with Crippen LogP contribution < -0.4 is 5.32 Å². The average molecular weight is 239 g/mol. The van der Waals surface area contributed by atoms with E-state index >= 15 is 0 Å². The number of benzene rings is 1. The third-order valence-corrected chi connectivity index (χ3v) is 2.55. The molecule has 0 fully saturated rings. The van der Waals surface area contributed by atoms with Gasteiger partial charge in [0.1, 0.15) is 11.9 Å². The Bertz CT molecular complexity index is 393. The monoisotopic (exact) mass is 239 g/mol. The molecule has 94 valence electrons. The van der Waals surface area contributed by atoms with Gasteiger partial charge in [0.2, 0.25) is 0 Å². The molecule has 17 heavy (non-hydrogen) atoms. The molecule has 0 radical (unpaired) electrons. The van der Waals surface area contributed by atoms with Crippen LogP contribution in [0.15, 0.2) is 18.2 Å². The summed E-state index contributed by atoms with van der Waals surface area (Å²) in [4.78, 5) is 11.6. The molecule has 1 N–H and O–H groups in total. The lowest BCUT2D eigenvalue weighted by Crippen LogP contribution is -2.30. The molecule has 4 heteroatoms. The average Bonchev–Trinajstić information content (AvgIpc) is 2.33. The first kappa shape index (κ1) is 13.6. The van der Waals surface area contributed by atoms with Crippen molar-refractivity contribution in [1.82, 2.24) is 5.32 Å². The second-order valence-corrected chi connectivity index (χ2v) is 3.92. The van der Waals surface area contributed by atoms with Gasteiger partial charge in [-0.15, -0.1) is 0 Å². The van der Waals surface area contributed by atoms with E-state index in [1.54, 1.807) is 19.1 Å². The van der Waals surface area contributed by atoms with E-state index in [1.165, 1.54) is 13.2 Å². The predicted octanol–water partition coefficient (Wildman–Crippen LogP) is 2.35. The Kier molecular flexibility index (Phi) is 5.10. The summed E-state index contributed by atoms with van der Waals surface area (Å²) >= 11 is 0. The minimum Gasteiger partial charge on any atom is -0.468 e. The molecule has 3 nitrogen and oxygen atoms in total. The number of halogens is 1. The third kappa shape index (κ3) is 3.53. The van der Waals surface area contributed by atoms with Gasteiger partial charge in [0.05, 0.1) is 7.11 Å². The van der Waals surface area contributed by atoms with E-state index in [4.69, 9.17) is 4.74 Å². The van der Waals surface area contributed by atoms with Crippen LogP contribution in [0, 0.1) is 12.7 Å². The summed E-state index contributed by atoms with van der Waals surface area (Å²) in [6.45, 7) is 4.39. The fourth-order valence-corrected chi connectivity index (χ4v) is 1.59. The summed E-state index contributed by atoms with van der Waals surface area (Å²) in [6.07, 6.45) is 0.910. The minimum absolute atomic E-state index is 0.271. The Labute approximate surface area is 101 Å². The van der Waals surface area contributed by atoms with Gasteiger partial charge in [-0.2, -0.15) is 0 Å². The number of carbonyl (C=O) groups excluding carboxylic acids is 1. The number of ether oxygens (including phenoxy) is 1. The molecule has 0 saturated heterocycles. The molecule has 0 aromatic heterocycles. The molecule has 0 aliphatic carbocycles. The van der Waals surface area contributed by atoms with E-state index in [9.17, 15) is 9.18 Å². The van der Waals surface area contributed by atoms with Crippen LogP contribution in [0.5, 0.6) is 0 Å². The van der Waals surface area contributed by atoms with Crippen molar-refractivity contribution in [2.45, 2.75) is 26.3 Å². The van der Waals surface area contributed by atoms with Crippen molar-refractivity contribution >= 4 is 5.97 Å². The maximum atomic E-state index is 13.2. The fourth-order valence-electron chi connectivity index (χ4n) is 1.59. The molecular weight excluding hydrogens is 221 g/mol. The van der Waals surface area contributed by atoms with E-state index in [2.05, 4.69) is 5.32 Å². The first-order valence-corrected chi connectivity index (χ1v) is 5.67. The van der Waals surface area contributed by atoms with Crippen molar-refractivity contribution in [1.29, 1.82) is 0 Å². The normalized spacial score (nSPS) is 12.2. The van der Waals surface area contributed by atoms with Crippen LogP contribution in [0.2, 0.25) is 0 Å². The summed E-state index contributed by atoms with van der Waals surface area (Å²) < 4.78 is 17.9. The molecule has 1 aromatic carbocycles. The van der Waals surface area contributed by atoms with Crippen LogP contribution in [0.1, 0.15) is 30.5 Å². The number of esters is 1. The molecule has 1 unspecified atom stereocenters. The number of aryl methyl sites for hydroxylation is 1. The van der Waals surface area contributed by atoms with Crippen LogP contribution >= 0.6 is 0 Å². The first-order valence-electron chi connectivity index (χ1n) is 5.67. The second-order valence-electron chi connectivity index (χ2n) is 3.92. The highest BCUT2D eigenvalue weighted by Crippen LogP contribution is 2.18. The molecule has 0 saturated carbocycles. The summed E-state index contributed by atoms with van der Waals surface area (Å²) in [5.41, 5.74) is 1.25. The second kappa shape index (κ2) is 6.35. The van der Waals surface area contributed by atoms with Crippen molar-refractivity contribution in [2.24, 2.45) is 0 Å². The summed E-state index contributed by atoms with van der Waals surface area (Å²) in [5.74, 6) is -0.627. The zero-order chi connectivity index (χ0) is 12.8. The highest BCUT2D eigenvalue weighted by molar-refractivity contribution is 5.77. The van der Waals surface area contributed by atoms with Crippen molar-refractivity contribution in [3.8, 4) is 0 Å². The first-order chi connectivity index (χ1) is 8.10. The fraction of sp³-hybridized carbons (Fsp3) is 0.462. The topological polar surface area (TPSA) is 38.3 Å². The third-order valence-electron chi connectivity index (χ3n) is 2.55. The number of hydrogen-bond donors (Lipinski definition) is 1. The number of carbonyl (C=O) groups is 1. The van der Waals surface area contributed by atoms with Crippen LogP contribution in [0.4, 0.5) is 4.39 Å². The van der Waals surface area contributed by atoms with Gasteiger partial charge in [-0.3, -0.25) is 0 Å². The number of nitrogens with one attached hydrogen (secondary N) is 1. The maximum absolute atomic E-state index is 13.2. The molecular formula is C13H18FNO2. The van der Waals surface area contributed by atoms with E-state index in [0.717, 1.165) is 12.0 Å². The van der Waals surface area contributed by atoms with Crippen LogP contribution in [-0.2, 0) is 9.53 Å². The molecule has 0 heterocycles. The van der Waals surface area contributed by atoms with Crippen molar-refractivity contribution in [3.63, 3.8) is 0 Å². The molecule has 0 aliphatic rings. The van der Waals surface area contributed by atoms with Crippen molar-refractivity contribution < 1.29 is 13.9 Å². The zero-order valence-electron chi connectivity index (χ0n) is 10.4. The Morgan fingerprint density at radius 1 is 1.53 bits per heavy atom. The SMILES string of the molecule is CCCNC(C(=O)OC)c1ccc(F)c(C)c1. The molecule has 1 atom stereocenters. The lowest BCUT2D eigenvalue weighted by atomic mass is 10.0. The van der Waals surface area contributed by atoms with Crippen LogP contribution in [-0.4, -0.2) is 19.6 Å². The molecule has 1 rings (SSSR count). The van der Waals surface area contributed by atoms with Crippen LogP contribution in [0.3, 0.4) is 0 Å². The molecule has 0 spiro atoms. The smallest absolute Gasteiger partial charge is 0.327 e. The van der Waals surface area contributed by atoms with Crippen LogP contribution in [0.25, 0.3) is 0 Å². The maximum Gasteiger partial charge on any atom is 0.327 e. The highest BCUT2D eigenvalue weighted by atomic mass is 19.1. The minimum atomic E-state index is -0.528. The largest absolute Gasteiger partial charge is 0.468 e. The molecule has 0 bridgehead atoms. The van der Waals surface area contributed by atoms with Gasteiger partial charge in [0.25, 0.3) is 0 Å². The Hall–Kier alpha value is -1.42. The van der Waals surface area contributed by atoms with E-state index in [0.29, 0.717) is 12.1 Å². The standard InChI is InChI=1S/C13H18FNO2/c1-4-7-15-12(13(16)17-3)10-5-6-11(14)9(2)8-10/h5-6,8,12,15H,4,7H2,1-3H3. The van der Waals surface area contributed by atoms with E-state index < -0.39 is 6.04 Å². The van der Waals surface area contributed by atoms with E-state index in [1.807, 2.05) is 6.92 Å². The Morgan fingerprint density at radius 3 is 2.76 bits per heavy atom. The van der Waals surface area contributed by atoms with Gasteiger partial charge >= 0.3 is 5.97 Å². The van der Waals surface area contributed by atoms with Gasteiger partial charge in [0.15, 0.2) is 0 Å². The van der Waals surface area contributed by atoms with E-state index in [-0.39, 0.29) is 11.8 Å². The highest BCUT2D eigenvalue weighted by Gasteiger charge is 2.20. The Morgan fingerprint density at radius 2 is 2.24 bits per heavy atom. The van der Waals surface area contributed by atoms with Gasteiger partial charge in [-0.1, -0.05) is 19.1 Å². The lowest BCUT2D eigenvalue weighted by Gasteiger charge is -2.17. The number of hydrogen-bond acceptors (Lipinski definition) is 3. The van der Waals surface area contributed by atoms with Crippen molar-refractivity contribution in [2.75, 3.05) is 13.7 Å². The molecule has 1 aromatic rings. The van der Waals surface area contributed by atoms with Gasteiger partial charge in [-0.25, -0.2) is 9.18 Å². The summed E-state index contributed by atoms with van der Waals surface area (Å²) in [6, 6.07) is 4.11. The molecule has 0 aliphatic heterocycles. The zero-order valence-corrected chi connectivity index (χ0v) is 10.4. The lowest BCUT2D eigenvalue weighted by molar-refractivity contribution is -0.143. The number of methoxy groups -OCH3 is 1. The number of rotatable bonds is 5.